The predicted octanol–water partition coefficient (Wildman–Crippen LogP) is 0.989. The molecule has 0 saturated carbocycles. The van der Waals surface area contributed by atoms with Crippen molar-refractivity contribution in [3.8, 4) is 0 Å². The van der Waals surface area contributed by atoms with Crippen LogP contribution in [-0.2, 0) is 6.61 Å². The molecule has 0 aliphatic carbocycles. The molecule has 14 heavy (non-hydrogen) atoms. The summed E-state index contributed by atoms with van der Waals surface area (Å²) in [7, 11) is 0. The number of pyridine rings is 1. The summed E-state index contributed by atoms with van der Waals surface area (Å²) in [6.07, 6.45) is 1.58. The zero-order valence-corrected chi connectivity index (χ0v) is 7.65. The van der Waals surface area contributed by atoms with E-state index in [1.54, 1.807) is 19.2 Å². The van der Waals surface area contributed by atoms with Crippen LogP contribution in [0.1, 0.15) is 11.3 Å². The summed E-state index contributed by atoms with van der Waals surface area (Å²) in [5.41, 5.74) is 1.35. The summed E-state index contributed by atoms with van der Waals surface area (Å²) in [5.74, 6) is 0. The van der Waals surface area contributed by atoms with Crippen molar-refractivity contribution in [2.24, 2.45) is 0 Å². The molecular formula is C10H9NO3. The van der Waals surface area contributed by atoms with Gasteiger partial charge in [-0.25, -0.2) is 4.79 Å². The van der Waals surface area contributed by atoms with Crippen LogP contribution in [0.2, 0.25) is 0 Å². The summed E-state index contributed by atoms with van der Waals surface area (Å²) in [5, 5.41) is 9.77. The lowest BCUT2D eigenvalue weighted by Crippen LogP contribution is -1.99. The van der Waals surface area contributed by atoms with E-state index in [1.807, 2.05) is 0 Å². The second-order valence-electron chi connectivity index (χ2n) is 3.02. The van der Waals surface area contributed by atoms with Gasteiger partial charge in [-0.2, -0.15) is 0 Å². The third-order valence-corrected chi connectivity index (χ3v) is 2.09. The SMILES string of the molecule is Cc1ncc(CO)c2ccc(=O)oc12. The Labute approximate surface area is 79.8 Å². The van der Waals surface area contributed by atoms with Gasteiger partial charge in [0.15, 0.2) is 5.58 Å². The molecule has 0 aliphatic heterocycles. The van der Waals surface area contributed by atoms with Gasteiger partial charge in [0.05, 0.1) is 12.3 Å². The molecule has 0 aromatic carbocycles. The maximum Gasteiger partial charge on any atom is 0.336 e. The van der Waals surface area contributed by atoms with Crippen LogP contribution in [0.3, 0.4) is 0 Å². The lowest BCUT2D eigenvalue weighted by molar-refractivity contribution is 0.282. The zero-order valence-electron chi connectivity index (χ0n) is 7.65. The van der Waals surface area contributed by atoms with Crippen molar-refractivity contribution in [2.75, 3.05) is 0 Å². The number of aryl methyl sites for hydroxylation is 1. The molecule has 2 aromatic rings. The highest BCUT2D eigenvalue weighted by atomic mass is 16.4. The third kappa shape index (κ3) is 1.29. The number of hydrogen-bond donors (Lipinski definition) is 1. The minimum atomic E-state index is -0.405. The highest BCUT2D eigenvalue weighted by molar-refractivity contribution is 5.81. The van der Waals surface area contributed by atoms with Gasteiger partial charge in [-0.3, -0.25) is 4.98 Å². The van der Waals surface area contributed by atoms with Gasteiger partial charge >= 0.3 is 5.63 Å². The van der Waals surface area contributed by atoms with Crippen LogP contribution in [0.4, 0.5) is 0 Å². The largest absolute Gasteiger partial charge is 0.421 e. The maximum absolute atomic E-state index is 11.0. The van der Waals surface area contributed by atoms with E-state index in [2.05, 4.69) is 4.98 Å². The molecule has 0 radical (unpaired) electrons. The Morgan fingerprint density at radius 1 is 1.50 bits per heavy atom. The molecule has 4 nitrogen and oxygen atoms in total. The number of nitrogens with zero attached hydrogens (tertiary/aromatic N) is 1. The van der Waals surface area contributed by atoms with E-state index < -0.39 is 5.63 Å². The number of fused-ring (bicyclic) bond motifs is 1. The molecular weight excluding hydrogens is 182 g/mol. The monoisotopic (exact) mass is 191 g/mol. The van der Waals surface area contributed by atoms with Crippen molar-refractivity contribution in [1.29, 1.82) is 0 Å². The normalized spacial score (nSPS) is 10.7. The first-order valence-electron chi connectivity index (χ1n) is 4.21. The van der Waals surface area contributed by atoms with E-state index >= 15 is 0 Å². The first-order valence-corrected chi connectivity index (χ1v) is 4.21. The van der Waals surface area contributed by atoms with Crippen molar-refractivity contribution in [2.45, 2.75) is 13.5 Å². The molecule has 0 amide bonds. The number of aromatic nitrogens is 1. The van der Waals surface area contributed by atoms with E-state index in [9.17, 15) is 4.79 Å². The Kier molecular flexibility index (Phi) is 2.05. The Morgan fingerprint density at radius 2 is 2.29 bits per heavy atom. The molecule has 2 rings (SSSR count). The summed E-state index contributed by atoms with van der Waals surface area (Å²) >= 11 is 0. The van der Waals surface area contributed by atoms with Crippen molar-refractivity contribution in [1.82, 2.24) is 4.98 Å². The van der Waals surface area contributed by atoms with E-state index in [0.29, 0.717) is 16.8 Å². The van der Waals surface area contributed by atoms with Crippen molar-refractivity contribution in [3.63, 3.8) is 0 Å². The van der Waals surface area contributed by atoms with Gasteiger partial charge in [0.2, 0.25) is 0 Å². The smallest absolute Gasteiger partial charge is 0.336 e. The van der Waals surface area contributed by atoms with E-state index in [-0.39, 0.29) is 6.61 Å². The summed E-state index contributed by atoms with van der Waals surface area (Å²) in [6, 6.07) is 2.97. The van der Waals surface area contributed by atoms with Gasteiger partial charge in [0.1, 0.15) is 0 Å². The average molecular weight is 191 g/mol. The lowest BCUT2D eigenvalue weighted by atomic mass is 10.1. The minimum Gasteiger partial charge on any atom is -0.421 e. The number of aliphatic hydroxyl groups is 1. The van der Waals surface area contributed by atoms with Crippen LogP contribution in [0.5, 0.6) is 0 Å². The molecule has 0 atom stereocenters. The summed E-state index contributed by atoms with van der Waals surface area (Å²) < 4.78 is 5.01. The fraction of sp³-hybridized carbons (Fsp3) is 0.200. The molecule has 2 heterocycles. The van der Waals surface area contributed by atoms with Gasteiger partial charge in [-0.05, 0) is 13.0 Å². The molecule has 4 heteroatoms. The fourth-order valence-corrected chi connectivity index (χ4v) is 1.37. The van der Waals surface area contributed by atoms with Gasteiger partial charge in [0, 0.05) is 23.2 Å². The van der Waals surface area contributed by atoms with E-state index in [0.717, 1.165) is 5.39 Å². The van der Waals surface area contributed by atoms with Crippen molar-refractivity contribution < 1.29 is 9.52 Å². The second kappa shape index (κ2) is 3.23. The van der Waals surface area contributed by atoms with Crippen LogP contribution in [-0.4, -0.2) is 10.1 Å². The number of aliphatic hydroxyl groups excluding tert-OH is 1. The fourth-order valence-electron chi connectivity index (χ4n) is 1.37. The third-order valence-electron chi connectivity index (χ3n) is 2.09. The van der Waals surface area contributed by atoms with Crippen molar-refractivity contribution >= 4 is 11.0 Å². The molecule has 0 spiro atoms. The molecule has 72 valence electrons. The quantitative estimate of drug-likeness (QED) is 0.730. The van der Waals surface area contributed by atoms with Gasteiger partial charge in [0.25, 0.3) is 0 Å². The van der Waals surface area contributed by atoms with Crippen LogP contribution >= 0.6 is 0 Å². The standard InChI is InChI=1S/C10H9NO3/c1-6-10-8(2-3-9(13)14-10)7(5-12)4-11-6/h2-4,12H,5H2,1H3. The molecule has 0 fully saturated rings. The van der Waals surface area contributed by atoms with E-state index in [4.69, 9.17) is 9.52 Å². The van der Waals surface area contributed by atoms with Gasteiger partial charge in [-0.1, -0.05) is 0 Å². The van der Waals surface area contributed by atoms with Crippen LogP contribution in [0.15, 0.2) is 27.5 Å². The minimum absolute atomic E-state index is 0.114. The Hall–Kier alpha value is -1.68. The summed E-state index contributed by atoms with van der Waals surface area (Å²) in [4.78, 5) is 15.0. The predicted molar refractivity (Wildman–Crippen MR) is 50.9 cm³/mol. The highest BCUT2D eigenvalue weighted by Crippen LogP contribution is 2.18. The van der Waals surface area contributed by atoms with E-state index in [1.165, 1.54) is 6.07 Å². The molecule has 0 bridgehead atoms. The maximum atomic E-state index is 11.0. The van der Waals surface area contributed by atoms with Gasteiger partial charge in [-0.15, -0.1) is 0 Å². The molecule has 2 aromatic heterocycles. The molecule has 0 unspecified atom stereocenters. The van der Waals surface area contributed by atoms with Crippen LogP contribution in [0.25, 0.3) is 11.0 Å². The van der Waals surface area contributed by atoms with Crippen molar-refractivity contribution in [3.05, 3.63) is 40.0 Å². The Morgan fingerprint density at radius 3 is 3.00 bits per heavy atom. The molecule has 0 saturated heterocycles. The second-order valence-corrected chi connectivity index (χ2v) is 3.02. The number of rotatable bonds is 1. The zero-order chi connectivity index (χ0) is 10.1. The Bertz CT molecular complexity index is 530. The van der Waals surface area contributed by atoms with Crippen LogP contribution < -0.4 is 5.63 Å². The first kappa shape index (κ1) is 8.90. The molecule has 0 aliphatic rings. The lowest BCUT2D eigenvalue weighted by Gasteiger charge is -2.03. The van der Waals surface area contributed by atoms with Crippen LogP contribution in [0, 0.1) is 6.92 Å². The number of hydrogen-bond acceptors (Lipinski definition) is 4. The van der Waals surface area contributed by atoms with Gasteiger partial charge < -0.3 is 9.52 Å². The average Bonchev–Trinajstić information content (AvgIpc) is 2.19. The molecule has 1 N–H and O–H groups in total. The highest BCUT2D eigenvalue weighted by Gasteiger charge is 2.06. The first-order chi connectivity index (χ1) is 6.72. The topological polar surface area (TPSA) is 63.3 Å². The Balaban J connectivity index is 2.91. The summed E-state index contributed by atoms with van der Waals surface area (Å²) in [6.45, 7) is 1.64.